The average molecular weight is 461 g/mol. The van der Waals surface area contributed by atoms with E-state index in [1.807, 2.05) is 76.2 Å². The van der Waals surface area contributed by atoms with Crippen molar-refractivity contribution in [3.8, 4) is 0 Å². The van der Waals surface area contributed by atoms with Gasteiger partial charge in [-0.2, -0.15) is 49.6 Å². The monoisotopic (exact) mass is 460 g/mol. The third kappa shape index (κ3) is 8.52. The van der Waals surface area contributed by atoms with Crippen LogP contribution < -0.4 is 0 Å². The van der Waals surface area contributed by atoms with Crippen molar-refractivity contribution in [3.05, 3.63) is 0 Å². The molecule has 6 nitrogen and oxygen atoms in total. The van der Waals surface area contributed by atoms with Gasteiger partial charge in [-0.1, -0.05) is 0 Å². The van der Waals surface area contributed by atoms with Crippen LogP contribution in [0.25, 0.3) is 0 Å². The Balaban J connectivity index is 3.24. The summed E-state index contributed by atoms with van der Waals surface area (Å²) in [5.74, 6) is 0. The van der Waals surface area contributed by atoms with Crippen LogP contribution in [0, 0.1) is 0 Å². The van der Waals surface area contributed by atoms with Gasteiger partial charge in [0, 0.05) is 50.0 Å². The summed E-state index contributed by atoms with van der Waals surface area (Å²) < 4.78 is 38.0. The Kier molecular flexibility index (Phi) is 7.09. The van der Waals surface area contributed by atoms with Gasteiger partial charge in [0.15, 0.2) is 0 Å². The van der Waals surface area contributed by atoms with Crippen molar-refractivity contribution >= 4 is 59.5 Å². The van der Waals surface area contributed by atoms with E-state index in [1.165, 1.54) is 0 Å². The second-order valence-electron chi connectivity index (χ2n) is 7.84. The topological polar surface area (TPSA) is 55.4 Å². The van der Waals surface area contributed by atoms with Crippen LogP contribution in [0.4, 0.5) is 0 Å². The fraction of sp³-hybridized carbons (Fsp3) is 1.00. The SMILES string of the molecule is C[Si]1(C)OS(C)(C)OS(C)(C)O[Si](C)(C)OS(C)(C)OS(C)(C)O1. The lowest BCUT2D eigenvalue weighted by atomic mass is 11.9. The van der Waals surface area contributed by atoms with Gasteiger partial charge in [0.05, 0.1) is 0 Å². The highest BCUT2D eigenvalue weighted by Gasteiger charge is 2.42. The van der Waals surface area contributed by atoms with Crippen molar-refractivity contribution in [2.45, 2.75) is 26.2 Å². The van der Waals surface area contributed by atoms with E-state index in [4.69, 9.17) is 22.7 Å². The molecule has 0 aromatic carbocycles. The van der Waals surface area contributed by atoms with Crippen molar-refractivity contribution < 1.29 is 22.7 Å². The van der Waals surface area contributed by atoms with Crippen molar-refractivity contribution in [2.24, 2.45) is 0 Å². The number of hydrogen-bond donors (Lipinski definition) is 0. The van der Waals surface area contributed by atoms with Gasteiger partial charge in [-0.15, -0.1) is 0 Å². The molecule has 0 atom stereocenters. The molecule has 152 valence electrons. The molecule has 1 heterocycles. The van der Waals surface area contributed by atoms with Crippen LogP contribution >= 0.6 is 42.4 Å². The maximum absolute atomic E-state index is 6.35. The zero-order valence-corrected chi connectivity index (χ0v) is 22.3. The summed E-state index contributed by atoms with van der Waals surface area (Å²) >= 11 is 0. The molecule has 0 aromatic rings. The molecule has 24 heavy (non-hydrogen) atoms. The molecule has 1 fully saturated rings. The molecule has 0 spiro atoms. The summed E-state index contributed by atoms with van der Waals surface area (Å²) in [6.07, 6.45) is 15.9. The van der Waals surface area contributed by atoms with E-state index in [0.29, 0.717) is 0 Å². The second-order valence-corrected chi connectivity index (χ2v) is 26.3. The summed E-state index contributed by atoms with van der Waals surface area (Å²) in [6.45, 7) is 8.11. The molecule has 0 amide bonds. The Labute approximate surface area is 158 Å². The maximum atomic E-state index is 6.35. The van der Waals surface area contributed by atoms with Gasteiger partial charge < -0.3 is 0 Å². The highest BCUT2D eigenvalue weighted by Crippen LogP contribution is 2.66. The predicted molar refractivity (Wildman–Crippen MR) is 119 cm³/mol. The first-order valence-electron chi connectivity index (χ1n) is 7.42. The molecule has 0 radical (unpaired) electrons. The molecule has 1 aliphatic heterocycles. The first kappa shape index (κ1) is 23.6. The standard InChI is InChI=1S/C12H36O6S4Si2/c1-19(2)13-20(3,4)16-24(11,12)18-22(7,8)14-21(5,6)17-23(9,10)15-19/h1-12H3. The molecule has 0 aromatic heterocycles. The number of hydrogen-bond acceptors (Lipinski definition) is 6. The minimum Gasteiger partial charge on any atom is -0.293 e. The molecule has 0 saturated carbocycles. The van der Waals surface area contributed by atoms with Gasteiger partial charge in [0.25, 0.3) is 0 Å². The van der Waals surface area contributed by atoms with E-state index in [2.05, 4.69) is 0 Å². The van der Waals surface area contributed by atoms with Crippen LogP contribution in [0.2, 0.25) is 26.2 Å². The molecule has 0 unspecified atom stereocenters. The summed E-state index contributed by atoms with van der Waals surface area (Å²) in [5, 5.41) is 0. The molecule has 1 rings (SSSR count). The molecular weight excluding hydrogens is 425 g/mol. The van der Waals surface area contributed by atoms with Gasteiger partial charge in [-0.25, -0.2) is 0 Å². The van der Waals surface area contributed by atoms with Crippen LogP contribution in [0.1, 0.15) is 0 Å². The summed E-state index contributed by atoms with van der Waals surface area (Å²) in [5.41, 5.74) is 0. The van der Waals surface area contributed by atoms with Gasteiger partial charge in [0.1, 0.15) is 0 Å². The lowest BCUT2D eigenvalue weighted by Crippen LogP contribution is -2.41. The normalized spacial score (nSPS) is 36.8. The number of rotatable bonds is 0. The Morgan fingerprint density at radius 1 is 0.417 bits per heavy atom. The molecule has 0 bridgehead atoms. The Hall–Kier alpha value is 1.59. The molecule has 0 aliphatic carbocycles. The Morgan fingerprint density at radius 3 is 0.750 bits per heavy atom. The molecule has 1 aliphatic rings. The first-order valence-corrected chi connectivity index (χ1v) is 22.2. The summed E-state index contributed by atoms with van der Waals surface area (Å²) in [7, 11) is -12.0. The van der Waals surface area contributed by atoms with E-state index in [0.717, 1.165) is 0 Å². The summed E-state index contributed by atoms with van der Waals surface area (Å²) in [6, 6.07) is 0. The van der Waals surface area contributed by atoms with Gasteiger partial charge in [0.2, 0.25) is 0 Å². The largest absolute Gasteiger partial charge is 0.378 e. The fourth-order valence-corrected chi connectivity index (χ4v) is 26.8. The zero-order chi connectivity index (χ0) is 19.2. The molecule has 1 saturated heterocycles. The van der Waals surface area contributed by atoms with Crippen molar-refractivity contribution in [3.63, 3.8) is 0 Å². The second kappa shape index (κ2) is 7.20. The smallest absolute Gasteiger partial charge is 0.293 e. The average Bonchev–Trinajstić information content (AvgIpc) is 1.98. The van der Waals surface area contributed by atoms with Crippen molar-refractivity contribution in [1.29, 1.82) is 0 Å². The van der Waals surface area contributed by atoms with Crippen LogP contribution in [0.15, 0.2) is 0 Å². The zero-order valence-electron chi connectivity index (χ0n) is 17.1. The highest BCUT2D eigenvalue weighted by atomic mass is 32.4. The van der Waals surface area contributed by atoms with Gasteiger partial charge >= 0.3 is 17.1 Å². The fourth-order valence-electron chi connectivity index (χ4n) is 2.81. The Bertz CT molecular complexity index is 338. The molecule has 0 N–H and O–H groups in total. The van der Waals surface area contributed by atoms with Gasteiger partial charge in [-0.05, 0) is 26.2 Å². The lowest BCUT2D eigenvalue weighted by Gasteiger charge is -2.55. The van der Waals surface area contributed by atoms with E-state index in [1.54, 1.807) is 0 Å². The molecular formula is C12H36O6S4Si2. The first-order chi connectivity index (χ1) is 10.2. The van der Waals surface area contributed by atoms with E-state index in [-0.39, 0.29) is 0 Å². The van der Waals surface area contributed by atoms with E-state index >= 15 is 0 Å². The maximum Gasteiger partial charge on any atom is 0.378 e. The van der Waals surface area contributed by atoms with Crippen LogP contribution in [0.3, 0.4) is 0 Å². The summed E-state index contributed by atoms with van der Waals surface area (Å²) in [4.78, 5) is 0. The quantitative estimate of drug-likeness (QED) is 0.470. The van der Waals surface area contributed by atoms with Gasteiger partial charge in [-0.3, -0.25) is 15.5 Å². The third-order valence-corrected chi connectivity index (χ3v) is 20.3. The minimum atomic E-state index is -2.45. The van der Waals surface area contributed by atoms with Crippen LogP contribution in [-0.2, 0) is 22.7 Å². The lowest BCUT2D eigenvalue weighted by molar-refractivity contribution is 0.371. The van der Waals surface area contributed by atoms with Crippen LogP contribution in [0.5, 0.6) is 0 Å². The highest BCUT2D eigenvalue weighted by molar-refractivity contribution is 8.39. The third-order valence-electron chi connectivity index (χ3n) is 2.26. The van der Waals surface area contributed by atoms with E-state index < -0.39 is 59.5 Å². The minimum absolute atomic E-state index is 1.77. The van der Waals surface area contributed by atoms with Crippen molar-refractivity contribution in [1.82, 2.24) is 0 Å². The predicted octanol–water partition coefficient (Wildman–Crippen LogP) is 5.08. The van der Waals surface area contributed by atoms with Crippen molar-refractivity contribution in [2.75, 3.05) is 50.0 Å². The van der Waals surface area contributed by atoms with E-state index in [9.17, 15) is 0 Å². The molecule has 12 heteroatoms. The van der Waals surface area contributed by atoms with Crippen LogP contribution in [-0.4, -0.2) is 67.2 Å². The Morgan fingerprint density at radius 2 is 0.583 bits per heavy atom.